The van der Waals surface area contributed by atoms with E-state index in [0.717, 1.165) is 17.5 Å². The number of hydrogen-bond donors (Lipinski definition) is 3. The first-order valence-corrected chi connectivity index (χ1v) is 11.6. The molecule has 3 atom stereocenters. The lowest BCUT2D eigenvalue weighted by molar-refractivity contribution is -0.139. The largest absolute Gasteiger partial charge is 0.481 e. The number of amides is 2. The third-order valence-corrected chi connectivity index (χ3v) is 6.54. The monoisotopic (exact) mass is 450 g/mol. The molecule has 2 amide bonds. The Kier molecular flexibility index (Phi) is 6.96. The van der Waals surface area contributed by atoms with E-state index in [9.17, 15) is 14.4 Å². The Morgan fingerprint density at radius 1 is 1.06 bits per heavy atom. The van der Waals surface area contributed by atoms with Crippen molar-refractivity contribution in [1.82, 2.24) is 10.6 Å². The topological polar surface area (TPSA) is 105 Å². The molecule has 4 rings (SSSR count). The summed E-state index contributed by atoms with van der Waals surface area (Å²) in [6.07, 6.45) is 1.68. The van der Waals surface area contributed by atoms with Crippen LogP contribution in [0.25, 0.3) is 11.1 Å². The Morgan fingerprint density at radius 2 is 1.70 bits per heavy atom. The first kappa shape index (κ1) is 22.8. The summed E-state index contributed by atoms with van der Waals surface area (Å²) in [4.78, 5) is 35.8. The Bertz CT molecular complexity index is 991. The minimum absolute atomic E-state index is 0.00571. The van der Waals surface area contributed by atoms with Gasteiger partial charge in [-0.2, -0.15) is 0 Å². The van der Waals surface area contributed by atoms with E-state index in [1.54, 1.807) is 0 Å². The molecule has 33 heavy (non-hydrogen) atoms. The first-order chi connectivity index (χ1) is 16.0. The summed E-state index contributed by atoms with van der Waals surface area (Å²) >= 11 is 0. The number of carbonyl (C=O) groups is 3. The standard InChI is InChI=1S/C26H30N2O5/c1-2-7-17(13-24(29)27-14-16-12-22(16)25(30)31)28-26(32)33-15-23-20-10-5-3-8-18(20)19-9-4-6-11-21(19)23/h3-6,8-11,16-17,22-23H,2,7,12-15H2,1H3,(H,27,29)(H,28,32)(H,30,31)/t16-,17?,22-/m1/s1. The van der Waals surface area contributed by atoms with E-state index in [-0.39, 0.29) is 42.7 Å². The van der Waals surface area contributed by atoms with Crippen molar-refractivity contribution >= 4 is 18.0 Å². The van der Waals surface area contributed by atoms with E-state index in [0.29, 0.717) is 19.4 Å². The molecule has 2 aliphatic carbocycles. The molecule has 0 bridgehead atoms. The number of alkyl carbamates (subject to hydrolysis) is 1. The molecule has 2 aromatic carbocycles. The molecule has 1 saturated carbocycles. The molecule has 0 saturated heterocycles. The molecule has 0 aromatic heterocycles. The molecule has 7 nitrogen and oxygen atoms in total. The number of fused-ring (bicyclic) bond motifs is 3. The highest BCUT2D eigenvalue weighted by Crippen LogP contribution is 2.44. The Hall–Kier alpha value is -3.35. The van der Waals surface area contributed by atoms with Gasteiger partial charge in [0.15, 0.2) is 0 Å². The predicted molar refractivity (Wildman–Crippen MR) is 124 cm³/mol. The fourth-order valence-corrected chi connectivity index (χ4v) is 4.70. The van der Waals surface area contributed by atoms with Gasteiger partial charge in [0.25, 0.3) is 0 Å². The van der Waals surface area contributed by atoms with E-state index in [2.05, 4.69) is 34.9 Å². The lowest BCUT2D eigenvalue weighted by Crippen LogP contribution is -2.40. The molecule has 2 aliphatic rings. The van der Waals surface area contributed by atoms with Gasteiger partial charge in [-0.15, -0.1) is 0 Å². The highest BCUT2D eigenvalue weighted by Gasteiger charge is 2.43. The van der Waals surface area contributed by atoms with Crippen molar-refractivity contribution in [2.24, 2.45) is 11.8 Å². The van der Waals surface area contributed by atoms with Crippen LogP contribution in [0.15, 0.2) is 48.5 Å². The van der Waals surface area contributed by atoms with Crippen LogP contribution in [0.5, 0.6) is 0 Å². The zero-order valence-corrected chi connectivity index (χ0v) is 18.8. The van der Waals surface area contributed by atoms with Crippen LogP contribution in [0.3, 0.4) is 0 Å². The minimum Gasteiger partial charge on any atom is -0.481 e. The molecule has 1 unspecified atom stereocenters. The smallest absolute Gasteiger partial charge is 0.407 e. The molecule has 174 valence electrons. The molecule has 2 aromatic rings. The summed E-state index contributed by atoms with van der Waals surface area (Å²) in [5, 5.41) is 14.6. The van der Waals surface area contributed by atoms with Gasteiger partial charge >= 0.3 is 12.1 Å². The number of carboxylic acids is 1. The Morgan fingerprint density at radius 3 is 2.27 bits per heavy atom. The summed E-state index contributed by atoms with van der Waals surface area (Å²) in [5.41, 5.74) is 4.64. The molecule has 0 radical (unpaired) electrons. The number of ether oxygens (including phenoxy) is 1. The van der Waals surface area contributed by atoms with Crippen molar-refractivity contribution in [3.63, 3.8) is 0 Å². The highest BCUT2D eigenvalue weighted by atomic mass is 16.5. The van der Waals surface area contributed by atoms with Crippen LogP contribution >= 0.6 is 0 Å². The van der Waals surface area contributed by atoms with Gasteiger partial charge in [0, 0.05) is 24.9 Å². The normalized spacial score (nSPS) is 19.2. The van der Waals surface area contributed by atoms with Crippen LogP contribution in [-0.2, 0) is 14.3 Å². The van der Waals surface area contributed by atoms with Gasteiger partial charge in [0.05, 0.1) is 5.92 Å². The first-order valence-electron chi connectivity index (χ1n) is 11.6. The van der Waals surface area contributed by atoms with E-state index in [1.165, 1.54) is 11.1 Å². The van der Waals surface area contributed by atoms with Crippen molar-refractivity contribution in [3.8, 4) is 11.1 Å². The van der Waals surface area contributed by atoms with Crippen molar-refractivity contribution in [1.29, 1.82) is 0 Å². The number of aliphatic carboxylic acids is 1. The highest BCUT2D eigenvalue weighted by molar-refractivity contribution is 5.80. The summed E-state index contributed by atoms with van der Waals surface area (Å²) in [6.45, 7) is 2.58. The van der Waals surface area contributed by atoms with Gasteiger partial charge in [-0.05, 0) is 41.0 Å². The zero-order chi connectivity index (χ0) is 23.4. The average Bonchev–Trinajstić information content (AvgIpc) is 3.52. The summed E-state index contributed by atoms with van der Waals surface area (Å²) in [7, 11) is 0. The van der Waals surface area contributed by atoms with E-state index in [4.69, 9.17) is 9.84 Å². The second-order valence-electron chi connectivity index (χ2n) is 8.90. The molecule has 3 N–H and O–H groups in total. The Labute approximate surface area is 193 Å². The van der Waals surface area contributed by atoms with Gasteiger partial charge < -0.3 is 20.5 Å². The molecule has 0 heterocycles. The van der Waals surface area contributed by atoms with Crippen molar-refractivity contribution in [3.05, 3.63) is 59.7 Å². The minimum atomic E-state index is -0.810. The number of rotatable bonds is 10. The van der Waals surface area contributed by atoms with Gasteiger partial charge in [0.2, 0.25) is 5.91 Å². The van der Waals surface area contributed by atoms with Gasteiger partial charge in [-0.25, -0.2) is 4.79 Å². The van der Waals surface area contributed by atoms with Crippen LogP contribution in [-0.4, -0.2) is 42.3 Å². The number of carboxylic acid groups (broad SMARTS) is 1. The number of nitrogens with one attached hydrogen (secondary N) is 2. The lowest BCUT2D eigenvalue weighted by Gasteiger charge is -2.19. The maximum Gasteiger partial charge on any atom is 0.407 e. The van der Waals surface area contributed by atoms with Crippen molar-refractivity contribution in [2.75, 3.05) is 13.2 Å². The van der Waals surface area contributed by atoms with Crippen LogP contribution in [0.2, 0.25) is 0 Å². The van der Waals surface area contributed by atoms with Crippen molar-refractivity contribution in [2.45, 2.75) is 44.6 Å². The summed E-state index contributed by atoms with van der Waals surface area (Å²) in [5.74, 6) is -1.36. The third kappa shape index (κ3) is 5.35. The number of carbonyl (C=O) groups excluding carboxylic acids is 2. The van der Waals surface area contributed by atoms with E-state index >= 15 is 0 Å². The average molecular weight is 451 g/mol. The van der Waals surface area contributed by atoms with Gasteiger partial charge in [-0.3, -0.25) is 9.59 Å². The van der Waals surface area contributed by atoms with Gasteiger partial charge in [-0.1, -0.05) is 61.9 Å². The third-order valence-electron chi connectivity index (χ3n) is 6.54. The SMILES string of the molecule is CCCC(CC(=O)NC[C@H]1C[C@H]1C(=O)O)NC(=O)OCC1c2ccccc2-c2ccccc21. The van der Waals surface area contributed by atoms with Crippen molar-refractivity contribution < 1.29 is 24.2 Å². The molecular formula is C26H30N2O5. The Balaban J connectivity index is 1.29. The quantitative estimate of drug-likeness (QED) is 0.509. The molecule has 1 fully saturated rings. The van der Waals surface area contributed by atoms with E-state index in [1.807, 2.05) is 31.2 Å². The molecule has 0 spiro atoms. The maximum atomic E-state index is 12.6. The lowest BCUT2D eigenvalue weighted by atomic mass is 9.98. The van der Waals surface area contributed by atoms with Crippen LogP contribution in [0.4, 0.5) is 4.79 Å². The molecule has 7 heteroatoms. The second-order valence-corrected chi connectivity index (χ2v) is 8.90. The summed E-state index contributed by atoms with van der Waals surface area (Å²) in [6, 6.07) is 16.0. The summed E-state index contributed by atoms with van der Waals surface area (Å²) < 4.78 is 5.60. The van der Waals surface area contributed by atoms with E-state index < -0.39 is 12.1 Å². The maximum absolute atomic E-state index is 12.6. The second kappa shape index (κ2) is 10.1. The van der Waals surface area contributed by atoms with Crippen LogP contribution in [0.1, 0.15) is 49.7 Å². The number of benzene rings is 2. The van der Waals surface area contributed by atoms with Crippen LogP contribution < -0.4 is 10.6 Å². The molecule has 0 aliphatic heterocycles. The number of hydrogen-bond acceptors (Lipinski definition) is 4. The predicted octanol–water partition coefficient (Wildman–Crippen LogP) is 3.92. The molecular weight excluding hydrogens is 420 g/mol. The fraction of sp³-hybridized carbons (Fsp3) is 0.423. The fourth-order valence-electron chi connectivity index (χ4n) is 4.70. The van der Waals surface area contributed by atoms with Gasteiger partial charge in [0.1, 0.15) is 6.61 Å². The zero-order valence-electron chi connectivity index (χ0n) is 18.8. The van der Waals surface area contributed by atoms with Crippen LogP contribution in [0, 0.1) is 11.8 Å².